The zero-order chi connectivity index (χ0) is 18.4. The molecular weight excluding hydrogens is 360 g/mol. The Bertz CT molecular complexity index is 811. The van der Waals surface area contributed by atoms with Crippen LogP contribution in [-0.4, -0.2) is 20.5 Å². The van der Waals surface area contributed by atoms with E-state index in [9.17, 15) is 0 Å². The minimum Gasteiger partial charge on any atom is -0.497 e. The molecule has 3 aromatic carbocycles. The van der Waals surface area contributed by atoms with Crippen LogP contribution in [0.25, 0.3) is 0 Å². The molecule has 0 aromatic heterocycles. The second-order valence-corrected chi connectivity index (χ2v) is 7.82. The first-order chi connectivity index (χ1) is 12.7. The molecule has 1 unspecified atom stereocenters. The highest BCUT2D eigenvalue weighted by atomic mass is 32.2. The van der Waals surface area contributed by atoms with E-state index in [-0.39, 0.29) is 0 Å². The summed E-state index contributed by atoms with van der Waals surface area (Å²) in [5.74, 6) is 0.842. The lowest BCUT2D eigenvalue weighted by atomic mass is 10.0. The van der Waals surface area contributed by atoms with Gasteiger partial charge in [-0.15, -0.1) is 11.8 Å². The highest BCUT2D eigenvalue weighted by Gasteiger charge is 2.33. The fourth-order valence-corrected chi connectivity index (χ4v) is 4.65. The Balaban J connectivity index is 1.90. The molecule has 0 N–H and O–H groups in total. The van der Waals surface area contributed by atoms with E-state index < -0.39 is 4.93 Å². The number of hydrogen-bond acceptors (Lipinski definition) is 4. The number of benzene rings is 3. The van der Waals surface area contributed by atoms with Gasteiger partial charge in [0.25, 0.3) is 0 Å². The second-order valence-electron chi connectivity index (χ2n) is 5.69. The highest BCUT2D eigenvalue weighted by molar-refractivity contribution is 7.99. The molecule has 0 aliphatic carbocycles. The average Bonchev–Trinajstić information content (AvgIpc) is 2.72. The largest absolute Gasteiger partial charge is 0.497 e. The predicted molar refractivity (Wildman–Crippen MR) is 111 cm³/mol. The summed E-state index contributed by atoms with van der Waals surface area (Å²) in [6.07, 6.45) is 2.07. The minimum absolute atomic E-state index is 0.539. The lowest BCUT2D eigenvalue weighted by Gasteiger charge is -2.32. The van der Waals surface area contributed by atoms with Gasteiger partial charge in [0.15, 0.2) is 4.93 Å². The Morgan fingerprint density at radius 3 is 1.73 bits per heavy atom. The summed E-state index contributed by atoms with van der Waals surface area (Å²) < 4.78 is 11.3. The predicted octanol–water partition coefficient (Wildman–Crippen LogP) is 6.06. The molecule has 3 rings (SSSR count). The van der Waals surface area contributed by atoms with E-state index in [0.29, 0.717) is 0 Å². The Morgan fingerprint density at radius 1 is 0.692 bits per heavy atom. The van der Waals surface area contributed by atoms with E-state index in [1.54, 1.807) is 37.7 Å². The molecule has 0 aliphatic heterocycles. The number of hydrogen-bond donors (Lipinski definition) is 0. The van der Waals surface area contributed by atoms with Crippen molar-refractivity contribution in [1.82, 2.24) is 0 Å². The van der Waals surface area contributed by atoms with Gasteiger partial charge in [-0.2, -0.15) is 0 Å². The van der Waals surface area contributed by atoms with Gasteiger partial charge in [-0.25, -0.2) is 0 Å². The van der Waals surface area contributed by atoms with Crippen molar-refractivity contribution in [2.24, 2.45) is 0 Å². The zero-order valence-corrected chi connectivity index (χ0v) is 16.8. The minimum atomic E-state index is -0.539. The fourth-order valence-electron chi connectivity index (χ4n) is 2.90. The highest BCUT2D eigenvalue weighted by Crippen LogP contribution is 2.43. The Kier molecular flexibility index (Phi) is 6.30. The molecule has 2 nitrogen and oxygen atoms in total. The lowest BCUT2D eigenvalue weighted by molar-refractivity contribution is 0.104. The molecule has 4 heteroatoms. The third kappa shape index (κ3) is 3.93. The molecule has 134 valence electrons. The van der Waals surface area contributed by atoms with Gasteiger partial charge in [-0.3, -0.25) is 0 Å². The molecular formula is C22H22O2S2. The van der Waals surface area contributed by atoms with E-state index in [0.717, 1.165) is 16.9 Å². The van der Waals surface area contributed by atoms with Gasteiger partial charge in [0, 0.05) is 16.9 Å². The standard InChI is InChI=1S/C22H22O2S2/c1-23-19-13-9-17(10-14-19)22(24-2,25-3)18-11-15-21(16-12-18)26-20-7-5-4-6-8-20/h4-16H,1-3H3. The van der Waals surface area contributed by atoms with Gasteiger partial charge in [0.2, 0.25) is 0 Å². The normalized spacial score (nSPS) is 13.2. The molecule has 1 atom stereocenters. The quantitative estimate of drug-likeness (QED) is 0.462. The molecule has 0 aliphatic rings. The summed E-state index contributed by atoms with van der Waals surface area (Å²) in [6.45, 7) is 0. The van der Waals surface area contributed by atoms with Crippen molar-refractivity contribution in [1.29, 1.82) is 0 Å². The van der Waals surface area contributed by atoms with E-state index >= 15 is 0 Å². The maximum absolute atomic E-state index is 6.01. The lowest BCUT2D eigenvalue weighted by Crippen LogP contribution is -2.25. The summed E-state index contributed by atoms with van der Waals surface area (Å²) in [7, 11) is 3.43. The van der Waals surface area contributed by atoms with Crippen molar-refractivity contribution in [3.8, 4) is 5.75 Å². The van der Waals surface area contributed by atoms with Gasteiger partial charge in [-0.1, -0.05) is 54.2 Å². The first kappa shape index (κ1) is 18.9. The molecule has 0 spiro atoms. The fraction of sp³-hybridized carbons (Fsp3) is 0.182. The van der Waals surface area contributed by atoms with Crippen molar-refractivity contribution in [2.45, 2.75) is 14.7 Å². The molecule has 3 aromatic rings. The monoisotopic (exact) mass is 382 g/mol. The number of thioether (sulfide) groups is 1. The van der Waals surface area contributed by atoms with Gasteiger partial charge >= 0.3 is 0 Å². The maximum Gasteiger partial charge on any atom is 0.164 e. The Morgan fingerprint density at radius 2 is 1.23 bits per heavy atom. The van der Waals surface area contributed by atoms with Crippen LogP contribution in [-0.2, 0) is 9.67 Å². The van der Waals surface area contributed by atoms with Gasteiger partial charge in [0.1, 0.15) is 5.75 Å². The molecule has 0 saturated heterocycles. The van der Waals surface area contributed by atoms with E-state index in [2.05, 4.69) is 66.9 Å². The third-order valence-corrected chi connectivity index (χ3v) is 6.49. The summed E-state index contributed by atoms with van der Waals surface area (Å²) >= 11 is 3.44. The van der Waals surface area contributed by atoms with Crippen molar-refractivity contribution in [3.63, 3.8) is 0 Å². The maximum atomic E-state index is 6.01. The van der Waals surface area contributed by atoms with E-state index in [4.69, 9.17) is 9.47 Å². The van der Waals surface area contributed by atoms with Gasteiger partial charge in [-0.05, 0) is 53.8 Å². The van der Waals surface area contributed by atoms with Crippen LogP contribution in [0.4, 0.5) is 0 Å². The summed E-state index contributed by atoms with van der Waals surface area (Å²) in [5.41, 5.74) is 2.21. The van der Waals surface area contributed by atoms with Crippen molar-refractivity contribution < 1.29 is 9.47 Å². The first-order valence-electron chi connectivity index (χ1n) is 8.30. The van der Waals surface area contributed by atoms with E-state index in [1.165, 1.54) is 9.79 Å². The third-order valence-electron chi connectivity index (χ3n) is 4.26. The van der Waals surface area contributed by atoms with Crippen LogP contribution >= 0.6 is 23.5 Å². The van der Waals surface area contributed by atoms with Crippen LogP contribution in [0.3, 0.4) is 0 Å². The van der Waals surface area contributed by atoms with Crippen LogP contribution in [0.15, 0.2) is 88.7 Å². The average molecular weight is 383 g/mol. The zero-order valence-electron chi connectivity index (χ0n) is 15.1. The number of rotatable bonds is 7. The van der Waals surface area contributed by atoms with Gasteiger partial charge in [0.05, 0.1) is 7.11 Å². The Hall–Kier alpha value is -1.88. The van der Waals surface area contributed by atoms with Gasteiger partial charge < -0.3 is 9.47 Å². The summed E-state index contributed by atoms with van der Waals surface area (Å²) in [6, 6.07) is 27.1. The number of ether oxygens (including phenoxy) is 2. The number of methoxy groups -OCH3 is 2. The summed E-state index contributed by atoms with van der Waals surface area (Å²) in [4.78, 5) is 1.90. The van der Waals surface area contributed by atoms with Crippen LogP contribution in [0.2, 0.25) is 0 Å². The topological polar surface area (TPSA) is 18.5 Å². The molecule has 0 radical (unpaired) electrons. The summed E-state index contributed by atoms with van der Waals surface area (Å²) in [5, 5.41) is 0. The van der Waals surface area contributed by atoms with Crippen molar-refractivity contribution in [2.75, 3.05) is 20.5 Å². The van der Waals surface area contributed by atoms with Crippen LogP contribution in [0.1, 0.15) is 11.1 Å². The molecule has 26 heavy (non-hydrogen) atoms. The first-order valence-corrected chi connectivity index (χ1v) is 10.3. The van der Waals surface area contributed by atoms with Crippen LogP contribution in [0, 0.1) is 0 Å². The molecule has 0 bridgehead atoms. The van der Waals surface area contributed by atoms with Crippen LogP contribution in [0.5, 0.6) is 5.75 Å². The molecule has 0 amide bonds. The Labute approximate surface area is 163 Å². The smallest absolute Gasteiger partial charge is 0.164 e. The van der Waals surface area contributed by atoms with Crippen LogP contribution < -0.4 is 4.74 Å². The van der Waals surface area contributed by atoms with E-state index in [1.807, 2.05) is 18.2 Å². The van der Waals surface area contributed by atoms with Crippen molar-refractivity contribution >= 4 is 23.5 Å². The SMILES string of the molecule is COc1ccc(C(OC)(SC)c2ccc(Sc3ccccc3)cc2)cc1. The molecule has 0 heterocycles. The van der Waals surface area contributed by atoms with Crippen molar-refractivity contribution in [3.05, 3.63) is 90.0 Å². The second kappa shape index (κ2) is 8.67. The molecule has 0 saturated carbocycles. The molecule has 0 fully saturated rings.